The molecule has 0 aliphatic carbocycles. The largest absolute Gasteiger partial charge is 0.493 e. The van der Waals surface area contributed by atoms with Crippen LogP contribution in [0.2, 0.25) is 5.15 Å². The van der Waals surface area contributed by atoms with Crippen LogP contribution in [0.1, 0.15) is 21.5 Å². The Kier molecular flexibility index (Phi) is 6.34. The molecule has 0 spiro atoms. The molecule has 1 heterocycles. The number of aromatic nitrogens is 1. The summed E-state index contributed by atoms with van der Waals surface area (Å²) in [7, 11) is 1.59. The van der Waals surface area contributed by atoms with E-state index in [1.54, 1.807) is 43.6 Å². The third-order valence-corrected chi connectivity index (χ3v) is 4.26. The van der Waals surface area contributed by atoms with Crippen molar-refractivity contribution >= 4 is 23.3 Å². The molecule has 2 N–H and O–H groups in total. The summed E-state index contributed by atoms with van der Waals surface area (Å²) in [6.07, 6.45) is 1.67. The van der Waals surface area contributed by atoms with Crippen molar-refractivity contribution in [3.05, 3.63) is 82.6 Å². The number of hydrogen-bond acceptors (Lipinski definition) is 5. The van der Waals surface area contributed by atoms with Crippen molar-refractivity contribution in [2.45, 2.75) is 13.2 Å². The molecule has 28 heavy (non-hydrogen) atoms. The lowest BCUT2D eigenvalue weighted by Crippen LogP contribution is -2.02. The van der Waals surface area contributed by atoms with Crippen LogP contribution in [-0.4, -0.2) is 23.2 Å². The molecule has 7 heteroatoms. The molecule has 0 radical (unpaired) electrons. The Morgan fingerprint density at radius 1 is 1.07 bits per heavy atom. The summed E-state index contributed by atoms with van der Waals surface area (Å²) in [5, 5.41) is 12.6. The lowest BCUT2D eigenvalue weighted by molar-refractivity contribution is 0.0697. The number of nitrogens with zero attached hydrogens (tertiary/aromatic N) is 1. The van der Waals surface area contributed by atoms with E-state index >= 15 is 0 Å². The maximum Gasteiger partial charge on any atom is 0.335 e. The molecule has 0 bridgehead atoms. The molecule has 0 fully saturated rings. The van der Waals surface area contributed by atoms with E-state index in [9.17, 15) is 4.79 Å². The van der Waals surface area contributed by atoms with Crippen molar-refractivity contribution in [3.63, 3.8) is 0 Å². The van der Waals surface area contributed by atoms with Gasteiger partial charge in [0.2, 0.25) is 0 Å². The minimum Gasteiger partial charge on any atom is -0.493 e. The second kappa shape index (κ2) is 9.10. The summed E-state index contributed by atoms with van der Waals surface area (Å²) in [6, 6.07) is 15.9. The Balaban J connectivity index is 1.61. The van der Waals surface area contributed by atoms with Gasteiger partial charge in [-0.1, -0.05) is 23.7 Å². The second-order valence-electron chi connectivity index (χ2n) is 6.00. The minimum atomic E-state index is -0.943. The molecule has 0 unspecified atom stereocenters. The highest BCUT2D eigenvalue weighted by Crippen LogP contribution is 2.29. The van der Waals surface area contributed by atoms with Gasteiger partial charge in [0, 0.05) is 24.0 Å². The molecule has 1 aromatic heterocycles. The van der Waals surface area contributed by atoms with Gasteiger partial charge in [-0.15, -0.1) is 0 Å². The third kappa shape index (κ3) is 5.14. The number of methoxy groups -OCH3 is 1. The molecule has 2 aromatic carbocycles. The maximum absolute atomic E-state index is 10.9. The number of carboxylic acid groups (broad SMARTS) is 1. The zero-order chi connectivity index (χ0) is 19.9. The van der Waals surface area contributed by atoms with Crippen LogP contribution >= 0.6 is 11.6 Å². The number of pyridine rings is 1. The van der Waals surface area contributed by atoms with Gasteiger partial charge in [-0.25, -0.2) is 9.78 Å². The highest BCUT2D eigenvalue weighted by atomic mass is 35.5. The van der Waals surface area contributed by atoms with Crippen LogP contribution in [0.15, 0.2) is 60.8 Å². The van der Waals surface area contributed by atoms with Gasteiger partial charge in [0.25, 0.3) is 0 Å². The fourth-order valence-corrected chi connectivity index (χ4v) is 2.64. The van der Waals surface area contributed by atoms with E-state index in [0.29, 0.717) is 29.8 Å². The van der Waals surface area contributed by atoms with E-state index < -0.39 is 5.97 Å². The van der Waals surface area contributed by atoms with Gasteiger partial charge in [-0.2, -0.15) is 0 Å². The third-order valence-electron chi connectivity index (χ3n) is 4.04. The number of rotatable bonds is 8. The molecule has 0 aliphatic rings. The summed E-state index contributed by atoms with van der Waals surface area (Å²) in [5.74, 6) is 0.315. The number of aromatic carboxylic acids is 1. The number of anilines is 1. The number of halogens is 1. The van der Waals surface area contributed by atoms with Gasteiger partial charge >= 0.3 is 5.97 Å². The fourth-order valence-electron chi connectivity index (χ4n) is 2.53. The van der Waals surface area contributed by atoms with Crippen LogP contribution in [0.5, 0.6) is 11.5 Å². The van der Waals surface area contributed by atoms with Gasteiger partial charge in [0.1, 0.15) is 11.8 Å². The lowest BCUT2D eigenvalue weighted by atomic mass is 10.1. The Bertz CT molecular complexity index is 944. The topological polar surface area (TPSA) is 80.7 Å². The number of ether oxygens (including phenoxy) is 2. The average Bonchev–Trinajstić information content (AvgIpc) is 2.72. The number of hydrogen-bond donors (Lipinski definition) is 2. The van der Waals surface area contributed by atoms with Crippen LogP contribution in [-0.2, 0) is 13.2 Å². The van der Waals surface area contributed by atoms with Crippen molar-refractivity contribution in [1.29, 1.82) is 0 Å². The van der Waals surface area contributed by atoms with Gasteiger partial charge in [-0.05, 0) is 48.0 Å². The average molecular weight is 399 g/mol. The van der Waals surface area contributed by atoms with Crippen molar-refractivity contribution in [3.8, 4) is 11.5 Å². The van der Waals surface area contributed by atoms with Crippen LogP contribution in [0, 0.1) is 0 Å². The molecule has 0 atom stereocenters. The van der Waals surface area contributed by atoms with Crippen molar-refractivity contribution in [2.75, 3.05) is 12.4 Å². The summed E-state index contributed by atoms with van der Waals surface area (Å²) in [4.78, 5) is 14.9. The van der Waals surface area contributed by atoms with E-state index in [1.165, 1.54) is 0 Å². The van der Waals surface area contributed by atoms with Crippen LogP contribution in [0.3, 0.4) is 0 Å². The number of nitrogens with one attached hydrogen (secondary N) is 1. The van der Waals surface area contributed by atoms with Gasteiger partial charge < -0.3 is 19.9 Å². The second-order valence-corrected chi connectivity index (χ2v) is 6.39. The Labute approximate surface area is 167 Å². The molecule has 3 rings (SSSR count). The number of carboxylic acids is 1. The first-order chi connectivity index (χ1) is 13.5. The zero-order valence-electron chi connectivity index (χ0n) is 15.2. The monoisotopic (exact) mass is 398 g/mol. The fraction of sp³-hybridized carbons (Fsp3) is 0.143. The number of carbonyl (C=O) groups is 1. The van der Waals surface area contributed by atoms with Crippen LogP contribution in [0.25, 0.3) is 0 Å². The molecule has 0 saturated heterocycles. The summed E-state index contributed by atoms with van der Waals surface area (Å²) < 4.78 is 11.3. The van der Waals surface area contributed by atoms with E-state index in [4.69, 9.17) is 26.2 Å². The van der Waals surface area contributed by atoms with Gasteiger partial charge in [0.05, 0.1) is 12.7 Å². The molecule has 3 aromatic rings. The summed E-state index contributed by atoms with van der Waals surface area (Å²) >= 11 is 5.79. The SMILES string of the molecule is COc1cc(CNc2ccc(C(=O)O)cc2)ccc1OCc1ccc(Cl)nc1. The van der Waals surface area contributed by atoms with Gasteiger partial charge in [-0.3, -0.25) is 0 Å². The van der Waals surface area contributed by atoms with Crippen molar-refractivity contribution in [1.82, 2.24) is 4.98 Å². The first-order valence-corrected chi connectivity index (χ1v) is 8.90. The van der Waals surface area contributed by atoms with Crippen molar-refractivity contribution in [2.24, 2.45) is 0 Å². The highest BCUT2D eigenvalue weighted by Gasteiger charge is 2.07. The Morgan fingerprint density at radius 2 is 1.82 bits per heavy atom. The smallest absolute Gasteiger partial charge is 0.335 e. The summed E-state index contributed by atoms with van der Waals surface area (Å²) in [5.41, 5.74) is 2.99. The first-order valence-electron chi connectivity index (χ1n) is 8.52. The molecule has 0 amide bonds. The molecular formula is C21H19ClN2O4. The van der Waals surface area contributed by atoms with Crippen LogP contribution in [0.4, 0.5) is 5.69 Å². The van der Waals surface area contributed by atoms with E-state index in [2.05, 4.69) is 10.3 Å². The molecule has 144 valence electrons. The predicted octanol–water partition coefficient (Wildman–Crippen LogP) is 4.63. The highest BCUT2D eigenvalue weighted by molar-refractivity contribution is 6.29. The normalized spacial score (nSPS) is 10.4. The maximum atomic E-state index is 10.9. The first kappa shape index (κ1) is 19.5. The molecule has 0 saturated carbocycles. The van der Waals surface area contributed by atoms with E-state index in [0.717, 1.165) is 16.8 Å². The quantitative estimate of drug-likeness (QED) is 0.538. The predicted molar refractivity (Wildman–Crippen MR) is 107 cm³/mol. The number of benzene rings is 2. The summed E-state index contributed by atoms with van der Waals surface area (Å²) in [6.45, 7) is 0.915. The standard InChI is InChI=1S/C21H19ClN2O4/c1-27-19-10-14(11-23-17-6-4-16(5-7-17)21(25)26)2-8-18(19)28-13-15-3-9-20(22)24-12-15/h2-10,12,23H,11,13H2,1H3,(H,25,26). The van der Waals surface area contributed by atoms with E-state index in [-0.39, 0.29) is 5.56 Å². The Morgan fingerprint density at radius 3 is 2.46 bits per heavy atom. The minimum absolute atomic E-state index is 0.254. The lowest BCUT2D eigenvalue weighted by Gasteiger charge is -2.13. The van der Waals surface area contributed by atoms with Gasteiger partial charge in [0.15, 0.2) is 11.5 Å². The zero-order valence-corrected chi connectivity index (χ0v) is 15.9. The molecule has 6 nitrogen and oxygen atoms in total. The van der Waals surface area contributed by atoms with E-state index in [1.807, 2.05) is 24.3 Å². The molecular weight excluding hydrogens is 380 g/mol. The Hall–Kier alpha value is -3.25. The van der Waals surface area contributed by atoms with Crippen LogP contribution < -0.4 is 14.8 Å². The van der Waals surface area contributed by atoms with Crippen molar-refractivity contribution < 1.29 is 19.4 Å². The molecule has 0 aliphatic heterocycles.